The number of aromatic nitrogens is 1. The maximum absolute atomic E-state index is 4.31. The number of halogens is 1. The molecular formula is C14H15BrN2S. The second-order valence-electron chi connectivity index (χ2n) is 4.56. The molecule has 1 aromatic heterocycles. The maximum Gasteiger partial charge on any atom is 0.0937 e. The summed E-state index contributed by atoms with van der Waals surface area (Å²) in [6.45, 7) is 1.01. The van der Waals surface area contributed by atoms with Gasteiger partial charge in [-0.25, -0.2) is 4.98 Å². The lowest BCUT2D eigenvalue weighted by Gasteiger charge is -2.13. The van der Waals surface area contributed by atoms with Crippen LogP contribution in [0.4, 0.5) is 0 Å². The van der Waals surface area contributed by atoms with Gasteiger partial charge in [-0.1, -0.05) is 22.0 Å². The molecule has 2 aromatic rings. The minimum Gasteiger partial charge on any atom is -0.310 e. The molecule has 0 spiro atoms. The third kappa shape index (κ3) is 2.66. The molecule has 0 aliphatic heterocycles. The lowest BCUT2D eigenvalue weighted by molar-refractivity contribution is 0.533. The van der Waals surface area contributed by atoms with Crippen molar-refractivity contribution < 1.29 is 0 Å². The molecule has 1 heterocycles. The number of hydrogen-bond acceptors (Lipinski definition) is 3. The summed E-state index contributed by atoms with van der Waals surface area (Å²) in [5, 5.41) is 6.91. The van der Waals surface area contributed by atoms with Crippen LogP contribution >= 0.6 is 27.3 Å². The van der Waals surface area contributed by atoms with Crippen molar-refractivity contribution in [2.45, 2.75) is 25.3 Å². The molecule has 1 aliphatic rings. The number of fused-ring (bicyclic) bond motifs is 1. The molecule has 0 amide bonds. The van der Waals surface area contributed by atoms with E-state index in [1.807, 2.05) is 11.6 Å². The van der Waals surface area contributed by atoms with E-state index in [4.69, 9.17) is 0 Å². The minimum atomic E-state index is 0.521. The Morgan fingerprint density at radius 2 is 2.39 bits per heavy atom. The van der Waals surface area contributed by atoms with E-state index in [0.717, 1.165) is 13.0 Å². The lowest BCUT2D eigenvalue weighted by atomic mass is 10.1. The van der Waals surface area contributed by atoms with Gasteiger partial charge in [0.15, 0.2) is 0 Å². The molecule has 0 saturated heterocycles. The van der Waals surface area contributed by atoms with Crippen molar-refractivity contribution in [2.75, 3.05) is 6.54 Å². The van der Waals surface area contributed by atoms with E-state index in [9.17, 15) is 0 Å². The van der Waals surface area contributed by atoms with Crippen LogP contribution in [0, 0.1) is 0 Å². The predicted molar refractivity (Wildman–Crippen MR) is 79.0 cm³/mol. The van der Waals surface area contributed by atoms with Crippen molar-refractivity contribution >= 4 is 27.3 Å². The third-order valence-corrected chi connectivity index (χ3v) is 4.73. The molecule has 1 aromatic carbocycles. The second kappa shape index (κ2) is 5.51. The number of hydrogen-bond donors (Lipinski definition) is 1. The molecule has 1 atom stereocenters. The average molecular weight is 323 g/mol. The monoisotopic (exact) mass is 322 g/mol. The van der Waals surface area contributed by atoms with Crippen LogP contribution in [0.15, 0.2) is 34.2 Å². The predicted octanol–water partition coefficient (Wildman–Crippen LogP) is 3.73. The smallest absolute Gasteiger partial charge is 0.0937 e. The van der Waals surface area contributed by atoms with Crippen molar-refractivity contribution in [3.05, 3.63) is 50.4 Å². The zero-order valence-corrected chi connectivity index (χ0v) is 12.4. The topological polar surface area (TPSA) is 24.9 Å². The molecule has 0 bridgehead atoms. The highest BCUT2D eigenvalue weighted by Crippen LogP contribution is 2.32. The summed E-state index contributed by atoms with van der Waals surface area (Å²) in [5.41, 5.74) is 2.95. The zero-order valence-electron chi connectivity index (χ0n) is 10.0. The molecule has 1 N–H and O–H groups in total. The Bertz CT molecular complexity index is 525. The highest BCUT2D eigenvalue weighted by atomic mass is 79.9. The Balaban J connectivity index is 1.59. The number of benzene rings is 1. The molecule has 2 nitrogen and oxygen atoms in total. The van der Waals surface area contributed by atoms with Gasteiger partial charge in [0.1, 0.15) is 0 Å². The third-order valence-electron chi connectivity index (χ3n) is 3.40. The van der Waals surface area contributed by atoms with E-state index in [1.54, 1.807) is 11.3 Å². The van der Waals surface area contributed by atoms with Gasteiger partial charge in [-0.05, 0) is 36.1 Å². The van der Waals surface area contributed by atoms with Crippen LogP contribution in [0.5, 0.6) is 0 Å². The normalized spacial score (nSPS) is 17.9. The summed E-state index contributed by atoms with van der Waals surface area (Å²) in [6, 6.07) is 7.15. The van der Waals surface area contributed by atoms with Crippen molar-refractivity contribution in [2.24, 2.45) is 0 Å². The van der Waals surface area contributed by atoms with Crippen molar-refractivity contribution in [1.82, 2.24) is 10.3 Å². The fraction of sp³-hybridized carbons (Fsp3) is 0.357. The fourth-order valence-corrected chi connectivity index (χ4v) is 3.56. The fourth-order valence-electron chi connectivity index (χ4n) is 2.53. The maximum atomic E-state index is 4.31. The van der Waals surface area contributed by atoms with Gasteiger partial charge in [-0.3, -0.25) is 0 Å². The van der Waals surface area contributed by atoms with Crippen LogP contribution in [0.1, 0.15) is 28.6 Å². The zero-order chi connectivity index (χ0) is 12.4. The summed E-state index contributed by atoms with van der Waals surface area (Å²) >= 11 is 5.27. The van der Waals surface area contributed by atoms with Gasteiger partial charge in [0, 0.05) is 35.1 Å². The van der Waals surface area contributed by atoms with Gasteiger partial charge < -0.3 is 5.32 Å². The van der Waals surface area contributed by atoms with Crippen LogP contribution in [0.25, 0.3) is 0 Å². The van der Waals surface area contributed by atoms with E-state index >= 15 is 0 Å². The highest BCUT2D eigenvalue weighted by molar-refractivity contribution is 9.10. The Morgan fingerprint density at radius 3 is 3.22 bits per heavy atom. The van der Waals surface area contributed by atoms with Gasteiger partial charge in [0.2, 0.25) is 0 Å². The number of rotatable bonds is 4. The van der Waals surface area contributed by atoms with Crippen LogP contribution in [-0.4, -0.2) is 11.5 Å². The Kier molecular flexibility index (Phi) is 3.77. The molecular weight excluding hydrogens is 308 g/mol. The second-order valence-corrected chi connectivity index (χ2v) is 6.46. The molecule has 0 saturated carbocycles. The first-order chi connectivity index (χ1) is 8.83. The van der Waals surface area contributed by atoms with E-state index < -0.39 is 0 Å². The number of nitrogens with zero attached hydrogens (tertiary/aromatic N) is 1. The van der Waals surface area contributed by atoms with E-state index in [0.29, 0.717) is 6.04 Å². The van der Waals surface area contributed by atoms with Crippen molar-refractivity contribution in [1.29, 1.82) is 0 Å². The van der Waals surface area contributed by atoms with Crippen LogP contribution < -0.4 is 5.32 Å². The van der Waals surface area contributed by atoms with Crippen LogP contribution in [0.2, 0.25) is 0 Å². The number of aryl methyl sites for hydroxylation is 1. The summed E-state index contributed by atoms with van der Waals surface area (Å²) in [7, 11) is 0. The molecule has 94 valence electrons. The number of nitrogens with one attached hydrogen (secondary N) is 1. The molecule has 1 aliphatic carbocycles. The first-order valence-corrected chi connectivity index (χ1v) is 7.90. The average Bonchev–Trinajstić information content (AvgIpc) is 2.99. The summed E-state index contributed by atoms with van der Waals surface area (Å²) in [5.74, 6) is 0. The highest BCUT2D eigenvalue weighted by Gasteiger charge is 2.21. The van der Waals surface area contributed by atoms with E-state index in [2.05, 4.69) is 44.4 Å². The minimum absolute atomic E-state index is 0.521. The van der Waals surface area contributed by atoms with Crippen LogP contribution in [0.3, 0.4) is 0 Å². The molecule has 1 unspecified atom stereocenters. The van der Waals surface area contributed by atoms with E-state index in [1.165, 1.54) is 33.4 Å². The van der Waals surface area contributed by atoms with Crippen LogP contribution in [-0.2, 0) is 12.8 Å². The molecule has 0 radical (unpaired) electrons. The summed E-state index contributed by atoms with van der Waals surface area (Å²) in [6.07, 6.45) is 5.30. The lowest BCUT2D eigenvalue weighted by Crippen LogP contribution is -2.21. The standard InChI is InChI=1S/C14H15BrN2S/c15-11-2-3-12-10(9-11)1-4-13(12)16-6-5-14-17-7-8-18-14/h2-3,7-9,13,16H,1,4-6H2. The van der Waals surface area contributed by atoms with Gasteiger partial charge in [-0.15, -0.1) is 11.3 Å². The molecule has 0 fully saturated rings. The Labute approximate surface area is 120 Å². The van der Waals surface area contributed by atoms with Gasteiger partial charge in [0.25, 0.3) is 0 Å². The largest absolute Gasteiger partial charge is 0.310 e. The van der Waals surface area contributed by atoms with Crippen molar-refractivity contribution in [3.8, 4) is 0 Å². The van der Waals surface area contributed by atoms with E-state index in [-0.39, 0.29) is 0 Å². The molecule has 3 rings (SSSR count). The Hall–Kier alpha value is -0.710. The van der Waals surface area contributed by atoms with Crippen molar-refractivity contribution in [3.63, 3.8) is 0 Å². The Morgan fingerprint density at radius 1 is 1.44 bits per heavy atom. The van der Waals surface area contributed by atoms with Gasteiger partial charge in [-0.2, -0.15) is 0 Å². The number of thiazole rings is 1. The van der Waals surface area contributed by atoms with Gasteiger partial charge in [0.05, 0.1) is 5.01 Å². The molecule has 4 heteroatoms. The summed E-state index contributed by atoms with van der Waals surface area (Å²) in [4.78, 5) is 4.31. The first kappa shape index (κ1) is 12.3. The summed E-state index contributed by atoms with van der Waals surface area (Å²) < 4.78 is 1.18. The van der Waals surface area contributed by atoms with Gasteiger partial charge >= 0.3 is 0 Å². The first-order valence-electron chi connectivity index (χ1n) is 6.23. The molecule has 18 heavy (non-hydrogen) atoms. The SMILES string of the molecule is Brc1ccc2c(c1)CCC2NCCc1nccs1. The quantitative estimate of drug-likeness (QED) is 0.927.